The summed E-state index contributed by atoms with van der Waals surface area (Å²) >= 11 is 5.77. The van der Waals surface area contributed by atoms with Gasteiger partial charge in [-0.2, -0.15) is 0 Å². The Morgan fingerprint density at radius 1 is 1.12 bits per heavy atom. The van der Waals surface area contributed by atoms with Crippen LogP contribution in [0.25, 0.3) is 0 Å². The molecule has 0 aliphatic heterocycles. The Morgan fingerprint density at radius 2 is 1.79 bits per heavy atom. The van der Waals surface area contributed by atoms with Gasteiger partial charge in [0.15, 0.2) is 0 Å². The molecule has 0 radical (unpaired) electrons. The maximum atomic E-state index is 13.1. The first-order valence-electron chi connectivity index (χ1n) is 6.61. The van der Waals surface area contributed by atoms with Gasteiger partial charge in [-0.05, 0) is 42.8 Å². The quantitative estimate of drug-likeness (QED) is 0.813. The predicted octanol–water partition coefficient (Wildman–Crippen LogP) is 2.17. The van der Waals surface area contributed by atoms with Gasteiger partial charge in [0, 0.05) is 6.04 Å². The molecule has 3 N–H and O–H groups in total. The molecular formula is C14H14ClFN2O4S2. The largest absolute Gasteiger partial charge is 0.242 e. The topological polar surface area (TPSA) is 106 Å². The number of nitrogens with one attached hydrogen (secondary N) is 1. The van der Waals surface area contributed by atoms with Gasteiger partial charge in [0.25, 0.3) is 0 Å². The van der Waals surface area contributed by atoms with Gasteiger partial charge in [-0.1, -0.05) is 23.7 Å². The summed E-state index contributed by atoms with van der Waals surface area (Å²) in [5.41, 5.74) is 0.392. The van der Waals surface area contributed by atoms with Crippen molar-refractivity contribution in [1.82, 2.24) is 4.72 Å². The number of benzene rings is 2. The van der Waals surface area contributed by atoms with Gasteiger partial charge < -0.3 is 0 Å². The summed E-state index contributed by atoms with van der Waals surface area (Å²) in [7, 11) is -7.94. The Hall–Kier alpha value is -1.52. The minimum Gasteiger partial charge on any atom is -0.225 e. The summed E-state index contributed by atoms with van der Waals surface area (Å²) in [6.45, 7) is 1.53. The molecule has 0 aromatic heterocycles. The zero-order valence-corrected chi connectivity index (χ0v) is 14.8. The Balaban J connectivity index is 2.33. The lowest BCUT2D eigenvalue weighted by Gasteiger charge is -2.16. The second-order valence-corrected chi connectivity index (χ2v) is 8.69. The number of rotatable bonds is 5. The minimum absolute atomic E-state index is 0.133. The van der Waals surface area contributed by atoms with Crippen molar-refractivity contribution in [2.45, 2.75) is 22.8 Å². The van der Waals surface area contributed by atoms with E-state index in [0.29, 0.717) is 5.56 Å². The molecule has 2 aromatic rings. The fourth-order valence-electron chi connectivity index (χ4n) is 2.02. The lowest BCUT2D eigenvalue weighted by molar-refractivity contribution is 0.566. The number of halogens is 2. The lowest BCUT2D eigenvalue weighted by Crippen LogP contribution is -2.27. The summed E-state index contributed by atoms with van der Waals surface area (Å²) in [6, 6.07) is 7.73. The Labute approximate surface area is 144 Å². The van der Waals surface area contributed by atoms with E-state index in [1.54, 1.807) is 6.07 Å². The molecule has 0 aliphatic rings. The lowest BCUT2D eigenvalue weighted by atomic mass is 10.1. The third-order valence-corrected chi connectivity index (χ3v) is 6.14. The molecule has 6 nitrogen and oxygen atoms in total. The van der Waals surface area contributed by atoms with Crippen LogP contribution in [0.5, 0.6) is 0 Å². The molecule has 0 aliphatic carbocycles. The molecule has 0 saturated carbocycles. The molecule has 1 atom stereocenters. The molecule has 0 spiro atoms. The molecular weight excluding hydrogens is 379 g/mol. The number of hydrogen-bond acceptors (Lipinski definition) is 4. The van der Waals surface area contributed by atoms with E-state index in [1.165, 1.54) is 25.1 Å². The van der Waals surface area contributed by atoms with E-state index < -0.39 is 31.9 Å². The first-order valence-corrected chi connectivity index (χ1v) is 10.0. The second-order valence-electron chi connectivity index (χ2n) is 5.04. The van der Waals surface area contributed by atoms with Gasteiger partial charge >= 0.3 is 0 Å². The van der Waals surface area contributed by atoms with Gasteiger partial charge in [-0.25, -0.2) is 31.1 Å². The molecule has 0 fully saturated rings. The van der Waals surface area contributed by atoms with Gasteiger partial charge in [-0.3, -0.25) is 0 Å². The highest BCUT2D eigenvalue weighted by Crippen LogP contribution is 2.25. The maximum absolute atomic E-state index is 13.1. The van der Waals surface area contributed by atoms with Crippen LogP contribution in [-0.2, 0) is 20.0 Å². The van der Waals surface area contributed by atoms with Gasteiger partial charge in [0.2, 0.25) is 20.0 Å². The first-order chi connectivity index (χ1) is 11.0. The Bertz CT molecular complexity index is 978. The van der Waals surface area contributed by atoms with Gasteiger partial charge in [-0.15, -0.1) is 0 Å². The molecule has 0 amide bonds. The van der Waals surface area contributed by atoms with Crippen LogP contribution in [0.3, 0.4) is 0 Å². The third-order valence-electron chi connectivity index (χ3n) is 3.20. The molecule has 0 heterocycles. The first kappa shape index (κ1) is 18.8. The van der Waals surface area contributed by atoms with E-state index in [1.807, 2.05) is 0 Å². The fraction of sp³-hybridized carbons (Fsp3) is 0.143. The summed E-state index contributed by atoms with van der Waals surface area (Å²) < 4.78 is 62.9. The number of hydrogen-bond donors (Lipinski definition) is 2. The summed E-state index contributed by atoms with van der Waals surface area (Å²) in [4.78, 5) is -0.411. The van der Waals surface area contributed by atoms with Gasteiger partial charge in [0.05, 0.1) is 9.92 Å². The standard InChI is InChI=1S/C14H14ClFN2O4S2/c1-9(10-3-2-4-12(7-10)23(17,19)20)18-24(21,22)14-6-5-11(16)8-13(14)15/h2-9,18H,1H3,(H2,17,19,20). The molecule has 130 valence electrons. The fourth-order valence-corrected chi connectivity index (χ4v) is 4.35. The smallest absolute Gasteiger partial charge is 0.225 e. The van der Waals surface area contributed by atoms with Crippen LogP contribution in [0, 0.1) is 5.82 Å². The van der Waals surface area contributed by atoms with E-state index in [9.17, 15) is 21.2 Å². The molecule has 0 bridgehead atoms. The van der Waals surface area contributed by atoms with Crippen LogP contribution in [0.2, 0.25) is 5.02 Å². The highest BCUT2D eigenvalue weighted by Gasteiger charge is 2.22. The normalized spacial score (nSPS) is 13.7. The van der Waals surface area contributed by atoms with E-state index >= 15 is 0 Å². The molecule has 24 heavy (non-hydrogen) atoms. The van der Waals surface area contributed by atoms with Crippen molar-refractivity contribution in [3.05, 3.63) is 58.9 Å². The SMILES string of the molecule is CC(NS(=O)(=O)c1ccc(F)cc1Cl)c1cccc(S(N)(=O)=O)c1. The summed E-state index contributed by atoms with van der Waals surface area (Å²) in [5, 5.41) is 4.80. The second kappa shape index (κ2) is 6.77. The molecule has 1 unspecified atom stereocenters. The predicted molar refractivity (Wildman–Crippen MR) is 88.0 cm³/mol. The molecule has 2 aromatic carbocycles. The van der Waals surface area contributed by atoms with Crippen LogP contribution in [0.1, 0.15) is 18.5 Å². The van der Waals surface area contributed by atoms with Crippen LogP contribution >= 0.6 is 11.6 Å². The van der Waals surface area contributed by atoms with Crippen molar-refractivity contribution >= 4 is 31.6 Å². The Kier molecular flexibility index (Phi) is 5.31. The number of nitrogens with two attached hydrogens (primary N) is 1. The average molecular weight is 393 g/mol. The van der Waals surface area contributed by atoms with E-state index in [-0.39, 0.29) is 14.8 Å². The van der Waals surface area contributed by atoms with Crippen molar-refractivity contribution in [3.8, 4) is 0 Å². The van der Waals surface area contributed by atoms with Crippen molar-refractivity contribution in [3.63, 3.8) is 0 Å². The zero-order valence-electron chi connectivity index (χ0n) is 12.4. The van der Waals surface area contributed by atoms with E-state index in [0.717, 1.165) is 18.2 Å². The Morgan fingerprint density at radius 3 is 2.38 bits per heavy atom. The van der Waals surface area contributed by atoms with Crippen LogP contribution < -0.4 is 9.86 Å². The van der Waals surface area contributed by atoms with Crippen molar-refractivity contribution in [2.24, 2.45) is 5.14 Å². The maximum Gasteiger partial charge on any atom is 0.242 e. The van der Waals surface area contributed by atoms with Crippen molar-refractivity contribution in [1.29, 1.82) is 0 Å². The van der Waals surface area contributed by atoms with E-state index in [2.05, 4.69) is 4.72 Å². The highest BCUT2D eigenvalue weighted by molar-refractivity contribution is 7.89. The monoisotopic (exact) mass is 392 g/mol. The molecule has 10 heteroatoms. The summed E-state index contributed by atoms with van der Waals surface area (Å²) in [5.74, 6) is -0.659. The average Bonchev–Trinajstić information content (AvgIpc) is 2.45. The molecule has 0 saturated heterocycles. The van der Waals surface area contributed by atoms with Crippen LogP contribution in [-0.4, -0.2) is 16.8 Å². The van der Waals surface area contributed by atoms with Gasteiger partial charge in [0.1, 0.15) is 10.7 Å². The molecule has 2 rings (SSSR count). The van der Waals surface area contributed by atoms with Crippen molar-refractivity contribution < 1.29 is 21.2 Å². The van der Waals surface area contributed by atoms with Crippen LogP contribution in [0.4, 0.5) is 4.39 Å². The summed E-state index contributed by atoms with van der Waals surface area (Å²) in [6.07, 6.45) is 0. The van der Waals surface area contributed by atoms with Crippen LogP contribution in [0.15, 0.2) is 52.3 Å². The third kappa shape index (κ3) is 4.31. The highest BCUT2D eigenvalue weighted by atomic mass is 35.5. The number of sulfonamides is 2. The zero-order chi connectivity index (χ0) is 18.1. The van der Waals surface area contributed by atoms with E-state index in [4.69, 9.17) is 16.7 Å². The number of primary sulfonamides is 1. The van der Waals surface area contributed by atoms with Crippen molar-refractivity contribution in [2.75, 3.05) is 0 Å². The minimum atomic E-state index is -4.03.